The fourth-order valence-corrected chi connectivity index (χ4v) is 6.63. The molecule has 0 N–H and O–H groups in total. The Hall–Kier alpha value is -2.77. The van der Waals surface area contributed by atoms with Crippen molar-refractivity contribution in [3.8, 4) is 5.69 Å². The van der Waals surface area contributed by atoms with Gasteiger partial charge < -0.3 is 0 Å². The Morgan fingerprint density at radius 2 is 1.71 bits per heavy atom. The van der Waals surface area contributed by atoms with Crippen LogP contribution in [-0.2, 0) is 21.9 Å². The average Bonchev–Trinajstić information content (AvgIpc) is 3.18. The zero-order valence-electron chi connectivity index (χ0n) is 20.0. The summed E-state index contributed by atoms with van der Waals surface area (Å²) in [7, 11) is -3.58. The van der Waals surface area contributed by atoms with Crippen LogP contribution in [0.15, 0.2) is 65.2 Å². The molecule has 1 aliphatic heterocycles. The monoisotopic (exact) mass is 479 g/mol. The number of piperidine rings is 1. The molecule has 1 saturated heterocycles. The smallest absolute Gasteiger partial charge is 0.233 e. The fourth-order valence-electron chi connectivity index (χ4n) is 5.07. The molecule has 0 amide bonds. The molecule has 2 heterocycles. The van der Waals surface area contributed by atoms with Gasteiger partial charge in [-0.3, -0.25) is 0 Å². The molecule has 0 unspecified atom stereocenters. The summed E-state index contributed by atoms with van der Waals surface area (Å²) in [6, 6.07) is 13.6. The van der Waals surface area contributed by atoms with E-state index in [2.05, 4.69) is 38.9 Å². The first-order valence-electron chi connectivity index (χ1n) is 11.6. The van der Waals surface area contributed by atoms with Crippen LogP contribution in [0, 0.1) is 11.2 Å². The summed E-state index contributed by atoms with van der Waals surface area (Å²) in [6.07, 6.45) is 5.38. The van der Waals surface area contributed by atoms with E-state index in [-0.39, 0.29) is 16.6 Å². The van der Waals surface area contributed by atoms with Crippen LogP contribution in [0.2, 0.25) is 0 Å². The van der Waals surface area contributed by atoms with Crippen LogP contribution in [-0.4, -0.2) is 35.6 Å². The van der Waals surface area contributed by atoms with Gasteiger partial charge >= 0.3 is 0 Å². The normalized spacial score (nSPS) is 21.0. The SMILES string of the molecule is CC(C)(C)c1ccc(S(=O)(=O)N2CCC3=Cc4c(cnn4-c4ccc(F)cc4)C[C@]3(C)C2)cc1. The summed E-state index contributed by atoms with van der Waals surface area (Å²) in [5.41, 5.74) is 4.90. The molecule has 7 heteroatoms. The lowest BCUT2D eigenvalue weighted by atomic mass is 9.70. The van der Waals surface area contributed by atoms with Crippen LogP contribution in [0.4, 0.5) is 4.39 Å². The van der Waals surface area contributed by atoms with Crippen molar-refractivity contribution in [3.63, 3.8) is 0 Å². The maximum Gasteiger partial charge on any atom is 0.243 e. The van der Waals surface area contributed by atoms with E-state index in [1.807, 2.05) is 23.0 Å². The number of fused-ring (bicyclic) bond motifs is 2. The molecular weight excluding hydrogens is 449 g/mol. The Labute approximate surface area is 201 Å². The molecule has 0 saturated carbocycles. The van der Waals surface area contributed by atoms with Gasteiger partial charge in [0.05, 0.1) is 22.5 Å². The van der Waals surface area contributed by atoms with Crippen molar-refractivity contribution in [2.45, 2.75) is 50.8 Å². The van der Waals surface area contributed by atoms with Gasteiger partial charge in [0.25, 0.3) is 0 Å². The van der Waals surface area contributed by atoms with Gasteiger partial charge in [0.2, 0.25) is 10.0 Å². The van der Waals surface area contributed by atoms with E-state index in [1.54, 1.807) is 28.6 Å². The van der Waals surface area contributed by atoms with E-state index in [0.717, 1.165) is 22.5 Å². The minimum absolute atomic E-state index is 0.0290. The van der Waals surface area contributed by atoms with Gasteiger partial charge in [-0.15, -0.1) is 0 Å². The quantitative estimate of drug-likeness (QED) is 0.509. The van der Waals surface area contributed by atoms with E-state index >= 15 is 0 Å². The molecule has 1 atom stereocenters. The number of hydrogen-bond acceptors (Lipinski definition) is 3. The summed E-state index contributed by atoms with van der Waals surface area (Å²) >= 11 is 0. The van der Waals surface area contributed by atoms with Crippen LogP contribution >= 0.6 is 0 Å². The van der Waals surface area contributed by atoms with Crippen molar-refractivity contribution in [2.75, 3.05) is 13.1 Å². The molecule has 0 bridgehead atoms. The van der Waals surface area contributed by atoms with Gasteiger partial charge in [0, 0.05) is 18.5 Å². The topological polar surface area (TPSA) is 55.2 Å². The predicted molar refractivity (Wildman–Crippen MR) is 132 cm³/mol. The predicted octanol–water partition coefficient (Wildman–Crippen LogP) is 5.35. The zero-order valence-corrected chi connectivity index (χ0v) is 20.9. The fraction of sp³-hybridized carbons (Fsp3) is 0.370. The molecule has 0 spiro atoms. The highest BCUT2D eigenvalue weighted by atomic mass is 32.2. The van der Waals surface area contributed by atoms with Crippen LogP contribution in [0.25, 0.3) is 11.8 Å². The molecule has 1 aliphatic carbocycles. The number of sulfonamides is 1. The van der Waals surface area contributed by atoms with Crippen LogP contribution in [0.1, 0.15) is 50.9 Å². The molecule has 34 heavy (non-hydrogen) atoms. The standard InChI is InChI=1S/C27H30FN3O2S/c1-26(2,3)20-5-11-24(12-6-20)34(32,33)30-14-13-21-15-25-19(16-27(21,4)18-30)17-29-31(25)23-9-7-22(28)8-10-23/h5-12,15,17H,13-14,16,18H2,1-4H3/t27-/m1/s1. The molecule has 178 valence electrons. The van der Waals surface area contributed by atoms with Gasteiger partial charge in [0.15, 0.2) is 0 Å². The lowest BCUT2D eigenvalue weighted by molar-refractivity contribution is 0.231. The first kappa shape index (κ1) is 23.0. The maximum atomic E-state index is 13.5. The Kier molecular flexibility index (Phi) is 5.33. The van der Waals surface area contributed by atoms with Crippen LogP contribution in [0.5, 0.6) is 0 Å². The summed E-state index contributed by atoms with van der Waals surface area (Å²) in [5, 5.41) is 4.55. The summed E-state index contributed by atoms with van der Waals surface area (Å²) in [6.45, 7) is 9.37. The molecule has 1 aromatic heterocycles. The molecule has 1 fully saturated rings. The average molecular weight is 480 g/mol. The van der Waals surface area contributed by atoms with Gasteiger partial charge in [0.1, 0.15) is 5.82 Å². The number of hydrogen-bond donors (Lipinski definition) is 0. The third kappa shape index (κ3) is 3.91. The highest BCUT2D eigenvalue weighted by Gasteiger charge is 2.43. The Morgan fingerprint density at radius 3 is 2.35 bits per heavy atom. The first-order valence-corrected chi connectivity index (χ1v) is 13.1. The van der Waals surface area contributed by atoms with Crippen LogP contribution in [0.3, 0.4) is 0 Å². The summed E-state index contributed by atoms with van der Waals surface area (Å²) in [5.74, 6) is -0.280. The van der Waals surface area contributed by atoms with Crippen molar-refractivity contribution in [1.82, 2.24) is 14.1 Å². The van der Waals surface area contributed by atoms with Crippen molar-refractivity contribution in [1.29, 1.82) is 0 Å². The van der Waals surface area contributed by atoms with Crippen molar-refractivity contribution in [3.05, 3.63) is 82.9 Å². The van der Waals surface area contributed by atoms with Gasteiger partial charge in [-0.25, -0.2) is 17.5 Å². The number of rotatable bonds is 3. The van der Waals surface area contributed by atoms with Gasteiger partial charge in [-0.05, 0) is 71.9 Å². The largest absolute Gasteiger partial charge is 0.243 e. The highest BCUT2D eigenvalue weighted by Crippen LogP contribution is 2.45. The molecule has 0 radical (unpaired) electrons. The number of benzene rings is 2. The van der Waals surface area contributed by atoms with Gasteiger partial charge in [-0.1, -0.05) is 45.4 Å². The van der Waals surface area contributed by atoms with Crippen molar-refractivity contribution >= 4 is 16.1 Å². The summed E-state index contributed by atoms with van der Waals surface area (Å²) in [4.78, 5) is 0.345. The molecule has 2 aromatic carbocycles. The maximum absolute atomic E-state index is 13.5. The second-order valence-electron chi connectivity index (χ2n) is 10.7. The van der Waals surface area contributed by atoms with E-state index in [1.165, 1.54) is 17.7 Å². The lowest BCUT2D eigenvalue weighted by Gasteiger charge is -2.43. The molecule has 5 rings (SSSR count). The minimum atomic E-state index is -3.58. The zero-order chi connectivity index (χ0) is 24.3. The third-order valence-electron chi connectivity index (χ3n) is 7.14. The van der Waals surface area contributed by atoms with E-state index in [0.29, 0.717) is 30.8 Å². The lowest BCUT2D eigenvalue weighted by Crippen LogP contribution is -2.47. The van der Waals surface area contributed by atoms with E-state index in [9.17, 15) is 12.8 Å². The molecule has 3 aromatic rings. The Morgan fingerprint density at radius 1 is 1.03 bits per heavy atom. The second-order valence-corrected chi connectivity index (χ2v) is 12.7. The van der Waals surface area contributed by atoms with E-state index < -0.39 is 10.0 Å². The number of halogens is 1. The third-order valence-corrected chi connectivity index (χ3v) is 9.00. The molecule has 5 nitrogen and oxygen atoms in total. The van der Waals surface area contributed by atoms with Crippen molar-refractivity contribution < 1.29 is 12.8 Å². The summed E-state index contributed by atoms with van der Waals surface area (Å²) < 4.78 is 43.8. The minimum Gasteiger partial charge on any atom is -0.233 e. The van der Waals surface area contributed by atoms with Crippen molar-refractivity contribution in [2.24, 2.45) is 5.41 Å². The van der Waals surface area contributed by atoms with E-state index in [4.69, 9.17) is 0 Å². The second kappa shape index (κ2) is 7.89. The highest BCUT2D eigenvalue weighted by molar-refractivity contribution is 7.89. The Bertz CT molecular complexity index is 1370. The number of nitrogens with zero attached hydrogens (tertiary/aromatic N) is 3. The van der Waals surface area contributed by atoms with Crippen LogP contribution < -0.4 is 0 Å². The Balaban J connectivity index is 1.42. The molecule has 2 aliphatic rings. The van der Waals surface area contributed by atoms with Gasteiger partial charge in [-0.2, -0.15) is 9.40 Å². The number of aromatic nitrogens is 2. The molecular formula is C27H30FN3O2S. The first-order chi connectivity index (χ1) is 16.0.